The highest BCUT2D eigenvalue weighted by molar-refractivity contribution is 7.99. The number of benzene rings is 1. The van der Waals surface area contributed by atoms with Gasteiger partial charge in [-0.2, -0.15) is 0 Å². The molecule has 1 aromatic rings. The van der Waals surface area contributed by atoms with Gasteiger partial charge < -0.3 is 29.5 Å². The summed E-state index contributed by atoms with van der Waals surface area (Å²) in [6.45, 7) is 4.17. The van der Waals surface area contributed by atoms with E-state index < -0.39 is 0 Å². The molecule has 3 saturated heterocycles. The average Bonchev–Trinajstić information content (AvgIpc) is 3.15. The van der Waals surface area contributed by atoms with Gasteiger partial charge in [0.25, 0.3) is 0 Å². The second-order valence-corrected chi connectivity index (χ2v) is 9.15. The number of likely N-dealkylation sites (tertiary alicyclic amines) is 1. The molecule has 7 nitrogen and oxygen atoms in total. The molecule has 5 rings (SSSR count). The lowest BCUT2D eigenvalue weighted by Crippen LogP contribution is -2.52. The van der Waals surface area contributed by atoms with E-state index in [2.05, 4.69) is 5.32 Å². The van der Waals surface area contributed by atoms with Crippen LogP contribution in [0.15, 0.2) is 23.1 Å². The Labute approximate surface area is 168 Å². The quantitative estimate of drug-likeness (QED) is 0.699. The molecule has 0 saturated carbocycles. The van der Waals surface area contributed by atoms with Crippen molar-refractivity contribution in [2.75, 3.05) is 51.8 Å². The van der Waals surface area contributed by atoms with E-state index in [1.165, 1.54) is 0 Å². The maximum Gasteiger partial charge on any atom is 0.223 e. The summed E-state index contributed by atoms with van der Waals surface area (Å²) in [5, 5.41) is 13.2. The molecule has 0 aliphatic carbocycles. The van der Waals surface area contributed by atoms with Gasteiger partial charge in [-0.15, -0.1) is 11.8 Å². The third-order valence-corrected chi connectivity index (χ3v) is 7.36. The fourth-order valence-electron chi connectivity index (χ4n) is 5.02. The van der Waals surface area contributed by atoms with Crippen LogP contribution in [0.25, 0.3) is 0 Å². The first kappa shape index (κ1) is 18.5. The standard InChI is InChI=1S/C20H26N2O5S/c23-10-14-15-9-22(12-20(15)11-21-8-18(14)27-20)19(24)3-6-28-13-1-2-16-17(7-13)26-5-4-25-16/h1-2,7,14-15,18,21,23H,3-6,8-12H2/t14-,15+,18+,20+/m0/s1. The van der Waals surface area contributed by atoms with Gasteiger partial charge in [0.15, 0.2) is 11.5 Å². The SMILES string of the molecule is O=C(CCSc1ccc2c(c1)OCCO2)N1C[C@@H]2[C@H](CO)[C@H]3CNC[C@]2(C1)O3. The number of amides is 1. The molecule has 0 radical (unpaired) electrons. The minimum absolute atomic E-state index is 0.0757. The molecule has 1 amide bonds. The topological polar surface area (TPSA) is 80.3 Å². The maximum absolute atomic E-state index is 12.8. The monoisotopic (exact) mass is 406 g/mol. The van der Waals surface area contributed by atoms with Gasteiger partial charge in [-0.1, -0.05) is 0 Å². The zero-order valence-electron chi connectivity index (χ0n) is 15.8. The summed E-state index contributed by atoms with van der Waals surface area (Å²) >= 11 is 1.66. The number of carbonyl (C=O) groups excluding carboxylic acids is 1. The summed E-state index contributed by atoms with van der Waals surface area (Å²) in [6.07, 6.45) is 0.564. The maximum atomic E-state index is 12.8. The van der Waals surface area contributed by atoms with Crippen LogP contribution in [-0.4, -0.2) is 79.4 Å². The number of rotatable bonds is 5. The Morgan fingerprint density at radius 2 is 2.18 bits per heavy atom. The highest BCUT2D eigenvalue weighted by Gasteiger charge is 2.61. The smallest absolute Gasteiger partial charge is 0.223 e. The lowest BCUT2D eigenvalue weighted by atomic mass is 9.83. The van der Waals surface area contributed by atoms with Crippen LogP contribution < -0.4 is 14.8 Å². The lowest BCUT2D eigenvalue weighted by Gasteiger charge is -2.33. The van der Waals surface area contributed by atoms with Crippen molar-refractivity contribution in [2.45, 2.75) is 23.0 Å². The Kier molecular flexibility index (Phi) is 4.90. The Balaban J connectivity index is 1.16. The van der Waals surface area contributed by atoms with Crippen molar-refractivity contribution in [3.63, 3.8) is 0 Å². The predicted molar refractivity (Wildman–Crippen MR) is 104 cm³/mol. The minimum atomic E-state index is -0.311. The van der Waals surface area contributed by atoms with E-state index in [0.29, 0.717) is 32.7 Å². The van der Waals surface area contributed by atoms with Crippen LogP contribution in [0.4, 0.5) is 0 Å². The zero-order valence-corrected chi connectivity index (χ0v) is 16.6. The number of ether oxygens (including phenoxy) is 3. The van der Waals surface area contributed by atoms with Crippen LogP contribution >= 0.6 is 11.8 Å². The molecule has 8 heteroatoms. The third kappa shape index (κ3) is 3.16. The second-order valence-electron chi connectivity index (χ2n) is 7.98. The number of hydrogen-bond donors (Lipinski definition) is 2. The van der Waals surface area contributed by atoms with Crippen LogP contribution in [0.2, 0.25) is 0 Å². The van der Waals surface area contributed by atoms with Crippen molar-refractivity contribution >= 4 is 17.7 Å². The largest absolute Gasteiger partial charge is 0.486 e. The van der Waals surface area contributed by atoms with Crippen LogP contribution in [-0.2, 0) is 9.53 Å². The van der Waals surface area contributed by atoms with E-state index >= 15 is 0 Å². The second kappa shape index (κ2) is 7.40. The van der Waals surface area contributed by atoms with Crippen LogP contribution in [0.3, 0.4) is 0 Å². The van der Waals surface area contributed by atoms with Crippen LogP contribution in [0, 0.1) is 11.8 Å². The van der Waals surface area contributed by atoms with E-state index in [1.807, 2.05) is 23.1 Å². The summed E-state index contributed by atoms with van der Waals surface area (Å²) in [6, 6.07) is 5.92. The van der Waals surface area contributed by atoms with Crippen molar-refractivity contribution in [1.82, 2.24) is 10.2 Å². The van der Waals surface area contributed by atoms with Crippen molar-refractivity contribution in [1.29, 1.82) is 0 Å². The molecule has 1 aromatic carbocycles. The molecule has 2 N–H and O–H groups in total. The fourth-order valence-corrected chi connectivity index (χ4v) is 5.88. The molecular formula is C20H26N2O5S. The number of morpholine rings is 1. The molecule has 4 heterocycles. The van der Waals surface area contributed by atoms with Crippen molar-refractivity contribution in [2.24, 2.45) is 11.8 Å². The summed E-state index contributed by atoms with van der Waals surface area (Å²) in [7, 11) is 0. The summed E-state index contributed by atoms with van der Waals surface area (Å²) in [4.78, 5) is 15.8. The summed E-state index contributed by atoms with van der Waals surface area (Å²) < 4.78 is 17.4. The molecule has 3 fully saturated rings. The van der Waals surface area contributed by atoms with Gasteiger partial charge in [0, 0.05) is 55.1 Å². The number of nitrogens with zero attached hydrogens (tertiary/aromatic N) is 1. The van der Waals surface area contributed by atoms with E-state index in [1.54, 1.807) is 11.8 Å². The molecule has 0 unspecified atom stereocenters. The molecule has 2 bridgehead atoms. The Bertz CT molecular complexity index is 762. The van der Waals surface area contributed by atoms with Gasteiger partial charge in [0.2, 0.25) is 5.91 Å². The van der Waals surface area contributed by atoms with Gasteiger partial charge in [0.05, 0.1) is 12.6 Å². The molecular weight excluding hydrogens is 380 g/mol. The van der Waals surface area contributed by atoms with Crippen molar-refractivity contribution in [3.8, 4) is 11.5 Å². The first-order valence-corrected chi connectivity index (χ1v) is 11.0. The number of carbonyl (C=O) groups is 1. The molecule has 1 spiro atoms. The van der Waals surface area contributed by atoms with Gasteiger partial charge in [-0.3, -0.25) is 4.79 Å². The Hall–Kier alpha value is -1.48. The van der Waals surface area contributed by atoms with Gasteiger partial charge in [-0.05, 0) is 18.2 Å². The fraction of sp³-hybridized carbons (Fsp3) is 0.650. The molecule has 28 heavy (non-hydrogen) atoms. The van der Waals surface area contributed by atoms with Crippen LogP contribution in [0.5, 0.6) is 11.5 Å². The minimum Gasteiger partial charge on any atom is -0.486 e. The first-order valence-electron chi connectivity index (χ1n) is 9.98. The molecule has 4 aliphatic rings. The first-order chi connectivity index (χ1) is 13.7. The number of aliphatic hydroxyl groups is 1. The normalized spacial score (nSPS) is 33.0. The Morgan fingerprint density at radius 1 is 1.32 bits per heavy atom. The van der Waals surface area contributed by atoms with E-state index in [-0.39, 0.29) is 36.1 Å². The Morgan fingerprint density at radius 3 is 3.04 bits per heavy atom. The number of aliphatic hydroxyl groups excluding tert-OH is 1. The molecule has 4 atom stereocenters. The summed E-state index contributed by atoms with van der Waals surface area (Å²) in [5.41, 5.74) is -0.311. The molecule has 152 valence electrons. The lowest BCUT2D eigenvalue weighted by molar-refractivity contribution is -0.133. The average molecular weight is 407 g/mol. The third-order valence-electron chi connectivity index (χ3n) is 6.36. The van der Waals surface area contributed by atoms with Crippen molar-refractivity contribution < 1.29 is 24.1 Å². The van der Waals surface area contributed by atoms with Gasteiger partial charge in [-0.25, -0.2) is 0 Å². The molecule has 4 aliphatic heterocycles. The number of fused-ring (bicyclic) bond motifs is 2. The summed E-state index contributed by atoms with van der Waals surface area (Å²) in [5.74, 6) is 2.80. The van der Waals surface area contributed by atoms with Crippen molar-refractivity contribution in [3.05, 3.63) is 18.2 Å². The van der Waals surface area contributed by atoms with Crippen LogP contribution in [0.1, 0.15) is 6.42 Å². The number of nitrogens with one attached hydrogen (secondary N) is 1. The van der Waals surface area contributed by atoms with Gasteiger partial charge >= 0.3 is 0 Å². The molecule has 0 aromatic heterocycles. The highest BCUT2D eigenvalue weighted by atomic mass is 32.2. The highest BCUT2D eigenvalue weighted by Crippen LogP contribution is 2.47. The van der Waals surface area contributed by atoms with E-state index in [0.717, 1.165) is 35.2 Å². The predicted octanol–water partition coefficient (Wildman–Crippen LogP) is 0.748. The zero-order chi connectivity index (χ0) is 19.1. The van der Waals surface area contributed by atoms with E-state index in [4.69, 9.17) is 14.2 Å². The van der Waals surface area contributed by atoms with E-state index in [9.17, 15) is 9.90 Å². The number of hydrogen-bond acceptors (Lipinski definition) is 7. The number of thioether (sulfide) groups is 1. The van der Waals surface area contributed by atoms with Gasteiger partial charge in [0.1, 0.15) is 18.8 Å².